The molecular weight excluding hydrogens is 402 g/mol. The highest BCUT2D eigenvalue weighted by Gasteiger charge is 2.19. The summed E-state index contributed by atoms with van der Waals surface area (Å²) >= 11 is 3.06. The maximum Gasteiger partial charge on any atom is 0.337 e. The van der Waals surface area contributed by atoms with Gasteiger partial charge in [-0.25, -0.2) is 18.0 Å². The molecule has 0 saturated carbocycles. The number of methoxy groups -OCH3 is 1. The molecule has 2 aromatic carbocycles. The molecule has 0 aliphatic carbocycles. The van der Waals surface area contributed by atoms with E-state index >= 15 is 0 Å². The Labute approximate surface area is 146 Å². The van der Waals surface area contributed by atoms with E-state index in [9.17, 15) is 18.0 Å². The van der Waals surface area contributed by atoms with Crippen molar-refractivity contribution in [2.75, 3.05) is 11.8 Å². The molecule has 7 nitrogen and oxygen atoms in total. The van der Waals surface area contributed by atoms with Gasteiger partial charge in [-0.15, -0.1) is 0 Å². The van der Waals surface area contributed by atoms with Crippen molar-refractivity contribution in [2.24, 2.45) is 0 Å². The molecular formula is C15H12BrNO6S. The molecule has 0 bridgehead atoms. The average molecular weight is 414 g/mol. The van der Waals surface area contributed by atoms with Gasteiger partial charge in [0.2, 0.25) is 0 Å². The standard InChI is InChI=1S/C15H12BrNO6S/c1-23-15(20)9-2-5-11(6-3-9)17-24(21,22)13-7-4-10(14(18)19)8-12(13)16/h2-8,17H,1H3,(H,18,19). The lowest BCUT2D eigenvalue weighted by atomic mass is 10.2. The third-order valence-electron chi connectivity index (χ3n) is 3.03. The van der Waals surface area contributed by atoms with E-state index in [1.807, 2.05) is 0 Å². The highest BCUT2D eigenvalue weighted by Crippen LogP contribution is 2.25. The molecule has 0 saturated heterocycles. The largest absolute Gasteiger partial charge is 0.478 e. The van der Waals surface area contributed by atoms with E-state index in [4.69, 9.17) is 5.11 Å². The lowest BCUT2D eigenvalue weighted by molar-refractivity contribution is 0.0600. The number of rotatable bonds is 5. The Balaban J connectivity index is 2.28. The lowest BCUT2D eigenvalue weighted by Crippen LogP contribution is -2.14. The van der Waals surface area contributed by atoms with Crippen molar-refractivity contribution in [3.05, 3.63) is 58.1 Å². The molecule has 0 heterocycles. The number of benzene rings is 2. The van der Waals surface area contributed by atoms with Gasteiger partial charge >= 0.3 is 11.9 Å². The molecule has 0 amide bonds. The van der Waals surface area contributed by atoms with E-state index in [2.05, 4.69) is 25.4 Å². The molecule has 0 aliphatic rings. The molecule has 24 heavy (non-hydrogen) atoms. The van der Waals surface area contributed by atoms with Gasteiger partial charge in [0.1, 0.15) is 4.90 Å². The summed E-state index contributed by atoms with van der Waals surface area (Å²) in [4.78, 5) is 22.1. The zero-order chi connectivity index (χ0) is 17.9. The maximum atomic E-state index is 12.4. The van der Waals surface area contributed by atoms with Crippen molar-refractivity contribution in [3.63, 3.8) is 0 Å². The van der Waals surface area contributed by atoms with E-state index in [-0.39, 0.29) is 26.2 Å². The number of carbonyl (C=O) groups excluding carboxylic acids is 1. The van der Waals surface area contributed by atoms with Crippen molar-refractivity contribution >= 4 is 43.6 Å². The minimum absolute atomic E-state index is 0.0387. The number of ether oxygens (including phenoxy) is 1. The second-order valence-corrected chi connectivity index (χ2v) is 7.13. The molecule has 0 unspecified atom stereocenters. The Bertz CT molecular complexity index is 893. The predicted molar refractivity (Wildman–Crippen MR) is 89.7 cm³/mol. The number of halogens is 1. The molecule has 2 N–H and O–H groups in total. The van der Waals surface area contributed by atoms with Gasteiger partial charge in [0.25, 0.3) is 10.0 Å². The van der Waals surface area contributed by atoms with Gasteiger partial charge in [-0.2, -0.15) is 0 Å². The minimum atomic E-state index is -3.93. The fourth-order valence-electron chi connectivity index (χ4n) is 1.85. The first-order valence-corrected chi connectivity index (χ1v) is 8.76. The smallest absolute Gasteiger partial charge is 0.337 e. The Kier molecular flexibility index (Phi) is 5.25. The number of aromatic carboxylic acids is 1. The average Bonchev–Trinajstić information content (AvgIpc) is 2.54. The van der Waals surface area contributed by atoms with Crippen LogP contribution in [0.4, 0.5) is 5.69 Å². The Hall–Kier alpha value is -2.39. The Morgan fingerprint density at radius 1 is 1.08 bits per heavy atom. The fraction of sp³-hybridized carbons (Fsp3) is 0.0667. The van der Waals surface area contributed by atoms with Crippen LogP contribution in [0.15, 0.2) is 51.8 Å². The van der Waals surface area contributed by atoms with E-state index in [1.165, 1.54) is 49.6 Å². The second kappa shape index (κ2) is 7.02. The molecule has 0 aliphatic heterocycles. The number of hydrogen-bond acceptors (Lipinski definition) is 5. The SMILES string of the molecule is COC(=O)c1ccc(NS(=O)(=O)c2ccc(C(=O)O)cc2Br)cc1. The number of carbonyl (C=O) groups is 2. The number of carboxylic acid groups (broad SMARTS) is 1. The topological polar surface area (TPSA) is 110 Å². The van der Waals surface area contributed by atoms with Crippen molar-refractivity contribution in [1.29, 1.82) is 0 Å². The molecule has 0 atom stereocenters. The normalized spacial score (nSPS) is 10.9. The number of carboxylic acids is 1. The van der Waals surface area contributed by atoms with Crippen LogP contribution < -0.4 is 4.72 Å². The lowest BCUT2D eigenvalue weighted by Gasteiger charge is -2.10. The Morgan fingerprint density at radius 2 is 1.67 bits per heavy atom. The van der Waals surface area contributed by atoms with Crippen LogP contribution in [-0.4, -0.2) is 32.6 Å². The second-order valence-electron chi connectivity index (χ2n) is 4.62. The van der Waals surface area contributed by atoms with Crippen molar-refractivity contribution in [3.8, 4) is 0 Å². The molecule has 2 rings (SSSR count). The minimum Gasteiger partial charge on any atom is -0.478 e. The van der Waals surface area contributed by atoms with E-state index in [0.29, 0.717) is 0 Å². The number of sulfonamides is 1. The van der Waals surface area contributed by atoms with Gasteiger partial charge in [-0.1, -0.05) is 0 Å². The molecule has 0 radical (unpaired) electrons. The van der Waals surface area contributed by atoms with Crippen molar-refractivity contribution in [1.82, 2.24) is 0 Å². The number of hydrogen-bond donors (Lipinski definition) is 2. The van der Waals surface area contributed by atoms with Gasteiger partial charge in [0, 0.05) is 10.2 Å². The maximum absolute atomic E-state index is 12.4. The van der Waals surface area contributed by atoms with Crippen LogP contribution in [0.25, 0.3) is 0 Å². The first kappa shape index (κ1) is 18.0. The van der Waals surface area contributed by atoms with E-state index in [0.717, 1.165) is 0 Å². The third kappa shape index (κ3) is 3.92. The third-order valence-corrected chi connectivity index (χ3v) is 5.38. The van der Waals surface area contributed by atoms with Crippen LogP contribution in [0.2, 0.25) is 0 Å². The molecule has 9 heteroatoms. The summed E-state index contributed by atoms with van der Waals surface area (Å²) in [7, 11) is -2.68. The number of nitrogens with one attached hydrogen (secondary N) is 1. The summed E-state index contributed by atoms with van der Waals surface area (Å²) in [5.74, 6) is -1.69. The predicted octanol–water partition coefficient (Wildman–Crippen LogP) is 2.73. The highest BCUT2D eigenvalue weighted by molar-refractivity contribution is 9.10. The summed E-state index contributed by atoms with van der Waals surface area (Å²) in [6, 6.07) is 9.28. The first-order valence-electron chi connectivity index (χ1n) is 6.48. The molecule has 0 fully saturated rings. The van der Waals surface area contributed by atoms with Crippen LogP contribution in [0, 0.1) is 0 Å². The summed E-state index contributed by atoms with van der Waals surface area (Å²) in [6.07, 6.45) is 0. The van der Waals surface area contributed by atoms with Crippen LogP contribution >= 0.6 is 15.9 Å². The summed E-state index contributed by atoms with van der Waals surface area (Å²) < 4.78 is 31.8. The number of esters is 1. The van der Waals surface area contributed by atoms with Crippen LogP contribution in [-0.2, 0) is 14.8 Å². The summed E-state index contributed by atoms with van der Waals surface area (Å²) in [5.41, 5.74) is 0.493. The van der Waals surface area contributed by atoms with Gasteiger partial charge < -0.3 is 9.84 Å². The van der Waals surface area contributed by atoms with E-state index < -0.39 is 22.0 Å². The van der Waals surface area contributed by atoms with Gasteiger partial charge in [0.05, 0.1) is 18.2 Å². The molecule has 126 valence electrons. The van der Waals surface area contributed by atoms with Gasteiger partial charge in [-0.05, 0) is 58.4 Å². The zero-order valence-electron chi connectivity index (χ0n) is 12.3. The van der Waals surface area contributed by atoms with Crippen LogP contribution in [0.1, 0.15) is 20.7 Å². The highest BCUT2D eigenvalue weighted by atomic mass is 79.9. The first-order chi connectivity index (χ1) is 11.2. The molecule has 0 spiro atoms. The molecule has 0 aromatic heterocycles. The van der Waals surface area contributed by atoms with Gasteiger partial charge in [-0.3, -0.25) is 4.72 Å². The molecule has 2 aromatic rings. The van der Waals surface area contributed by atoms with Crippen LogP contribution in [0.3, 0.4) is 0 Å². The van der Waals surface area contributed by atoms with E-state index in [1.54, 1.807) is 0 Å². The van der Waals surface area contributed by atoms with Gasteiger partial charge in [0.15, 0.2) is 0 Å². The van der Waals surface area contributed by atoms with Crippen molar-refractivity contribution < 1.29 is 27.9 Å². The van der Waals surface area contributed by atoms with Crippen molar-refractivity contribution in [2.45, 2.75) is 4.90 Å². The fourth-order valence-corrected chi connectivity index (χ4v) is 3.99. The van der Waals surface area contributed by atoms with Crippen LogP contribution in [0.5, 0.6) is 0 Å². The number of anilines is 1. The summed E-state index contributed by atoms with van der Waals surface area (Å²) in [6.45, 7) is 0. The monoisotopic (exact) mass is 413 g/mol. The summed E-state index contributed by atoms with van der Waals surface area (Å²) in [5, 5.41) is 8.91. The Morgan fingerprint density at radius 3 is 2.17 bits per heavy atom. The quantitative estimate of drug-likeness (QED) is 0.729. The zero-order valence-corrected chi connectivity index (χ0v) is 14.7.